The fourth-order valence-corrected chi connectivity index (χ4v) is 2.91. The van der Waals surface area contributed by atoms with Crippen molar-refractivity contribution in [2.45, 2.75) is 13.1 Å². The van der Waals surface area contributed by atoms with Gasteiger partial charge in [-0.3, -0.25) is 5.43 Å². The second-order valence-electron chi connectivity index (χ2n) is 4.56. The van der Waals surface area contributed by atoms with Gasteiger partial charge in [0, 0.05) is 8.95 Å². The number of hydrazone groups is 1. The van der Waals surface area contributed by atoms with E-state index in [4.69, 9.17) is 0 Å². The Morgan fingerprint density at radius 3 is 2.32 bits per heavy atom. The zero-order valence-electron chi connectivity index (χ0n) is 11.4. The van der Waals surface area contributed by atoms with Gasteiger partial charge in [0.05, 0.1) is 17.5 Å². The average Bonchev–Trinajstić information content (AvgIpc) is 2.44. The Balaban J connectivity index is 2.13. The first-order chi connectivity index (χ1) is 10.3. The minimum atomic E-state index is -4.37. The van der Waals surface area contributed by atoms with E-state index in [1.807, 2.05) is 19.1 Å². The number of nitrogens with zero attached hydrogens (tertiary/aromatic N) is 1. The van der Waals surface area contributed by atoms with E-state index in [1.165, 1.54) is 18.3 Å². The molecule has 116 valence electrons. The van der Waals surface area contributed by atoms with Crippen molar-refractivity contribution in [3.05, 3.63) is 62.0 Å². The minimum absolute atomic E-state index is 0.274. The lowest BCUT2D eigenvalue weighted by Crippen LogP contribution is -2.05. The highest BCUT2D eigenvalue weighted by Crippen LogP contribution is 2.30. The van der Waals surface area contributed by atoms with Crippen LogP contribution in [-0.4, -0.2) is 6.21 Å². The molecule has 0 saturated carbocycles. The number of anilines is 1. The molecule has 2 nitrogen and oxygen atoms in total. The molecule has 0 unspecified atom stereocenters. The molecule has 0 saturated heterocycles. The molecule has 0 atom stereocenters. The Hall–Kier alpha value is -1.34. The molecular weight excluding hydrogens is 425 g/mol. The van der Waals surface area contributed by atoms with E-state index in [0.29, 0.717) is 0 Å². The second kappa shape index (κ2) is 6.83. The summed E-state index contributed by atoms with van der Waals surface area (Å²) in [7, 11) is 0. The van der Waals surface area contributed by atoms with Crippen LogP contribution in [0.3, 0.4) is 0 Å². The monoisotopic (exact) mass is 434 g/mol. The maximum absolute atomic E-state index is 12.6. The third-order valence-corrected chi connectivity index (χ3v) is 4.55. The standard InChI is InChI=1S/C15H11Br2F3N2/c1-9-13(16)5-10(6-14(9)17)8-21-22-12-4-2-3-11(7-12)15(18,19)20/h2-8,22H,1H3/b21-8-. The number of benzene rings is 2. The van der Waals surface area contributed by atoms with Gasteiger partial charge in [0.1, 0.15) is 0 Å². The molecule has 0 spiro atoms. The molecule has 2 rings (SSSR count). The lowest BCUT2D eigenvalue weighted by atomic mass is 10.2. The summed E-state index contributed by atoms with van der Waals surface area (Å²) in [5.74, 6) is 0. The lowest BCUT2D eigenvalue weighted by Gasteiger charge is -2.08. The van der Waals surface area contributed by atoms with Crippen molar-refractivity contribution in [1.82, 2.24) is 0 Å². The maximum atomic E-state index is 12.6. The van der Waals surface area contributed by atoms with Crippen molar-refractivity contribution in [2.24, 2.45) is 5.10 Å². The van der Waals surface area contributed by atoms with Crippen LogP contribution in [0.2, 0.25) is 0 Å². The second-order valence-corrected chi connectivity index (χ2v) is 6.27. The molecule has 0 aliphatic heterocycles. The molecule has 0 amide bonds. The zero-order valence-corrected chi connectivity index (χ0v) is 14.6. The van der Waals surface area contributed by atoms with Gasteiger partial charge in [-0.15, -0.1) is 0 Å². The summed E-state index contributed by atoms with van der Waals surface area (Å²) in [6.07, 6.45) is -2.83. The van der Waals surface area contributed by atoms with E-state index < -0.39 is 11.7 Å². The Morgan fingerprint density at radius 1 is 1.09 bits per heavy atom. The molecule has 0 aromatic heterocycles. The molecule has 0 bridgehead atoms. The highest BCUT2D eigenvalue weighted by molar-refractivity contribution is 9.11. The van der Waals surface area contributed by atoms with E-state index in [1.54, 1.807) is 0 Å². The maximum Gasteiger partial charge on any atom is 0.416 e. The molecule has 0 fully saturated rings. The number of nitrogens with one attached hydrogen (secondary N) is 1. The molecule has 22 heavy (non-hydrogen) atoms. The predicted molar refractivity (Wildman–Crippen MR) is 89.2 cm³/mol. The first-order valence-corrected chi connectivity index (χ1v) is 7.78. The van der Waals surface area contributed by atoms with Gasteiger partial charge in [0.2, 0.25) is 0 Å². The van der Waals surface area contributed by atoms with Crippen LogP contribution in [0.4, 0.5) is 18.9 Å². The summed E-state index contributed by atoms with van der Waals surface area (Å²) >= 11 is 6.86. The van der Waals surface area contributed by atoms with Gasteiger partial charge in [-0.25, -0.2) is 0 Å². The summed E-state index contributed by atoms with van der Waals surface area (Å²) < 4.78 is 39.7. The fourth-order valence-electron chi connectivity index (χ4n) is 1.69. The van der Waals surface area contributed by atoms with Gasteiger partial charge >= 0.3 is 6.18 Å². The summed E-state index contributed by atoms with van der Waals surface area (Å²) in [5, 5.41) is 3.96. The van der Waals surface area contributed by atoms with Crippen molar-refractivity contribution in [2.75, 3.05) is 5.43 Å². The summed E-state index contributed by atoms with van der Waals surface area (Å²) in [4.78, 5) is 0. The van der Waals surface area contributed by atoms with Crippen LogP contribution >= 0.6 is 31.9 Å². The van der Waals surface area contributed by atoms with Gasteiger partial charge in [0.25, 0.3) is 0 Å². The van der Waals surface area contributed by atoms with Crippen LogP contribution in [0.1, 0.15) is 16.7 Å². The Kier molecular flexibility index (Phi) is 5.28. The van der Waals surface area contributed by atoms with Gasteiger partial charge in [0.15, 0.2) is 0 Å². The van der Waals surface area contributed by atoms with Gasteiger partial charge in [-0.1, -0.05) is 37.9 Å². The molecule has 7 heteroatoms. The Labute approximate surface area is 142 Å². The third-order valence-electron chi connectivity index (χ3n) is 2.90. The van der Waals surface area contributed by atoms with Crippen LogP contribution in [0.15, 0.2) is 50.4 Å². The molecule has 0 aliphatic carbocycles. The van der Waals surface area contributed by atoms with E-state index in [2.05, 4.69) is 42.4 Å². The van der Waals surface area contributed by atoms with Crippen molar-refractivity contribution in [3.63, 3.8) is 0 Å². The van der Waals surface area contributed by atoms with Gasteiger partial charge < -0.3 is 0 Å². The highest BCUT2D eigenvalue weighted by Gasteiger charge is 2.30. The van der Waals surface area contributed by atoms with Crippen LogP contribution in [0.25, 0.3) is 0 Å². The molecular formula is C15H11Br2F3N2. The predicted octanol–water partition coefficient (Wildman–Crippen LogP) is 5.98. The zero-order chi connectivity index (χ0) is 16.3. The highest BCUT2D eigenvalue weighted by atomic mass is 79.9. The molecule has 1 N–H and O–H groups in total. The smallest absolute Gasteiger partial charge is 0.278 e. The van der Waals surface area contributed by atoms with Crippen LogP contribution in [-0.2, 0) is 6.18 Å². The third kappa shape index (κ3) is 4.33. The van der Waals surface area contributed by atoms with Crippen LogP contribution in [0.5, 0.6) is 0 Å². The van der Waals surface area contributed by atoms with Crippen molar-refractivity contribution in [3.8, 4) is 0 Å². The Morgan fingerprint density at radius 2 is 1.73 bits per heavy atom. The van der Waals surface area contributed by atoms with Gasteiger partial charge in [-0.2, -0.15) is 18.3 Å². The van der Waals surface area contributed by atoms with Crippen LogP contribution < -0.4 is 5.43 Å². The first kappa shape index (κ1) is 17.0. The van der Waals surface area contributed by atoms with Crippen molar-refractivity contribution in [1.29, 1.82) is 0 Å². The number of alkyl halides is 3. The van der Waals surface area contributed by atoms with Gasteiger partial charge in [-0.05, 0) is 48.4 Å². The van der Waals surface area contributed by atoms with E-state index in [-0.39, 0.29) is 5.69 Å². The molecule has 0 aliphatic rings. The Bertz CT molecular complexity index is 689. The van der Waals surface area contributed by atoms with E-state index in [0.717, 1.165) is 32.2 Å². The SMILES string of the molecule is Cc1c(Br)cc(/C=N\Nc2cccc(C(F)(F)F)c2)cc1Br. The molecule has 2 aromatic rings. The van der Waals surface area contributed by atoms with E-state index in [9.17, 15) is 13.2 Å². The van der Waals surface area contributed by atoms with Crippen molar-refractivity contribution >= 4 is 43.8 Å². The lowest BCUT2D eigenvalue weighted by molar-refractivity contribution is -0.137. The number of halogens is 5. The number of hydrogen-bond acceptors (Lipinski definition) is 2. The molecule has 0 heterocycles. The normalized spacial score (nSPS) is 11.9. The summed E-state index contributed by atoms with van der Waals surface area (Å²) in [6.45, 7) is 1.95. The summed E-state index contributed by atoms with van der Waals surface area (Å²) in [5.41, 5.74) is 4.03. The quantitative estimate of drug-likeness (QED) is 0.465. The molecule has 0 radical (unpaired) electrons. The van der Waals surface area contributed by atoms with Crippen molar-refractivity contribution < 1.29 is 13.2 Å². The average molecular weight is 436 g/mol. The largest absolute Gasteiger partial charge is 0.416 e. The van der Waals surface area contributed by atoms with Crippen LogP contribution in [0, 0.1) is 6.92 Å². The molecule has 2 aromatic carbocycles. The topological polar surface area (TPSA) is 24.4 Å². The fraction of sp³-hybridized carbons (Fsp3) is 0.133. The first-order valence-electron chi connectivity index (χ1n) is 6.19. The minimum Gasteiger partial charge on any atom is -0.278 e. The number of hydrogen-bond donors (Lipinski definition) is 1. The van der Waals surface area contributed by atoms with E-state index >= 15 is 0 Å². The number of rotatable bonds is 3. The summed E-state index contributed by atoms with van der Waals surface area (Å²) in [6, 6.07) is 8.63.